The van der Waals surface area contributed by atoms with Crippen LogP contribution in [-0.2, 0) is 11.3 Å². The molecule has 1 aliphatic heterocycles. The highest BCUT2D eigenvalue weighted by atomic mass is 79.9. The van der Waals surface area contributed by atoms with E-state index in [2.05, 4.69) is 26.1 Å². The summed E-state index contributed by atoms with van der Waals surface area (Å²) in [5, 5.41) is 16.6. The standard InChI is InChI=1S/C10H9BrF4N4O2/c11-5-2-16-18(3-5)4-7(20)19-10(21,9(14)15)1-6(17-19)8(12)13/h2-3,8-9,21H,1,4H2/t10-/m0/s1. The van der Waals surface area contributed by atoms with Crippen molar-refractivity contribution < 1.29 is 27.5 Å². The molecule has 1 aromatic rings. The van der Waals surface area contributed by atoms with Gasteiger partial charge in [-0.15, -0.1) is 0 Å². The maximum atomic E-state index is 12.9. The average Bonchev–Trinajstić information content (AvgIpc) is 2.94. The van der Waals surface area contributed by atoms with Gasteiger partial charge in [-0.25, -0.2) is 17.6 Å². The van der Waals surface area contributed by atoms with Crippen molar-refractivity contribution in [2.24, 2.45) is 5.10 Å². The smallest absolute Gasteiger partial charge is 0.287 e. The van der Waals surface area contributed by atoms with Gasteiger partial charge in [0.2, 0.25) is 5.72 Å². The summed E-state index contributed by atoms with van der Waals surface area (Å²) in [7, 11) is 0. The Balaban J connectivity index is 2.23. The molecule has 0 radical (unpaired) electrons. The monoisotopic (exact) mass is 372 g/mol. The lowest BCUT2D eigenvalue weighted by molar-refractivity contribution is -0.192. The summed E-state index contributed by atoms with van der Waals surface area (Å²) in [6, 6.07) is 0. The summed E-state index contributed by atoms with van der Waals surface area (Å²) < 4.78 is 52.6. The van der Waals surface area contributed by atoms with Gasteiger partial charge in [0, 0.05) is 12.6 Å². The second-order valence-corrected chi connectivity index (χ2v) is 5.23. The number of alkyl halides is 4. The fraction of sp³-hybridized carbons (Fsp3) is 0.500. The van der Waals surface area contributed by atoms with Gasteiger partial charge in [0.05, 0.1) is 10.7 Å². The van der Waals surface area contributed by atoms with Crippen molar-refractivity contribution in [3.05, 3.63) is 16.9 Å². The van der Waals surface area contributed by atoms with E-state index in [0.29, 0.717) is 4.47 Å². The van der Waals surface area contributed by atoms with Gasteiger partial charge in [0.1, 0.15) is 12.3 Å². The van der Waals surface area contributed by atoms with Gasteiger partial charge in [0.15, 0.2) is 0 Å². The Morgan fingerprint density at radius 2 is 2.14 bits per heavy atom. The first kappa shape index (κ1) is 15.9. The summed E-state index contributed by atoms with van der Waals surface area (Å²) in [4.78, 5) is 11.9. The number of amides is 1. The van der Waals surface area contributed by atoms with Crippen LogP contribution in [0.4, 0.5) is 17.6 Å². The molecular weight excluding hydrogens is 364 g/mol. The molecule has 2 heterocycles. The molecule has 0 saturated heterocycles. The summed E-state index contributed by atoms with van der Waals surface area (Å²) in [6.07, 6.45) is -4.94. The summed E-state index contributed by atoms with van der Waals surface area (Å²) in [5.74, 6) is -1.08. The number of carbonyl (C=O) groups is 1. The number of halogens is 5. The number of aromatic nitrogens is 2. The van der Waals surface area contributed by atoms with Crippen LogP contribution in [-0.4, -0.2) is 50.1 Å². The molecule has 1 aliphatic rings. The molecular formula is C10H9BrF4N4O2. The van der Waals surface area contributed by atoms with Gasteiger partial charge < -0.3 is 5.11 Å². The molecule has 6 nitrogen and oxygen atoms in total. The highest BCUT2D eigenvalue weighted by Gasteiger charge is 2.53. The lowest BCUT2D eigenvalue weighted by Gasteiger charge is -2.29. The van der Waals surface area contributed by atoms with Crippen LogP contribution in [0.5, 0.6) is 0 Å². The molecule has 0 spiro atoms. The summed E-state index contributed by atoms with van der Waals surface area (Å²) in [5.41, 5.74) is -4.03. The number of hydrazone groups is 1. The number of aliphatic hydroxyl groups is 1. The topological polar surface area (TPSA) is 70.7 Å². The molecule has 11 heteroatoms. The molecule has 1 amide bonds. The van der Waals surface area contributed by atoms with E-state index in [4.69, 9.17) is 0 Å². The van der Waals surface area contributed by atoms with Crippen LogP contribution in [0.1, 0.15) is 6.42 Å². The Morgan fingerprint density at radius 3 is 2.62 bits per heavy atom. The van der Waals surface area contributed by atoms with Gasteiger partial charge >= 0.3 is 0 Å². The average molecular weight is 373 g/mol. The Bertz CT molecular complexity index is 579. The number of hydrogen-bond acceptors (Lipinski definition) is 4. The maximum absolute atomic E-state index is 12.9. The number of carbonyl (C=O) groups excluding carboxylic acids is 1. The maximum Gasteiger partial charge on any atom is 0.287 e. The van der Waals surface area contributed by atoms with Crippen molar-refractivity contribution in [1.29, 1.82) is 0 Å². The Hall–Kier alpha value is -1.49. The minimum Gasteiger partial charge on any atom is -0.364 e. The van der Waals surface area contributed by atoms with Gasteiger partial charge in [-0.3, -0.25) is 9.48 Å². The highest BCUT2D eigenvalue weighted by molar-refractivity contribution is 9.10. The molecule has 0 aromatic carbocycles. The summed E-state index contributed by atoms with van der Waals surface area (Å²) in [6.45, 7) is -0.527. The molecule has 21 heavy (non-hydrogen) atoms. The van der Waals surface area contributed by atoms with E-state index in [1.165, 1.54) is 12.4 Å². The van der Waals surface area contributed by atoms with Crippen molar-refractivity contribution in [3.8, 4) is 0 Å². The second kappa shape index (κ2) is 5.72. The van der Waals surface area contributed by atoms with Crippen LogP contribution >= 0.6 is 15.9 Å². The molecule has 116 valence electrons. The molecule has 0 unspecified atom stereocenters. The largest absolute Gasteiger partial charge is 0.364 e. The molecule has 2 rings (SSSR count). The van der Waals surface area contributed by atoms with E-state index in [1.807, 2.05) is 0 Å². The van der Waals surface area contributed by atoms with Crippen molar-refractivity contribution in [1.82, 2.24) is 14.8 Å². The van der Waals surface area contributed by atoms with Crippen LogP contribution in [0.2, 0.25) is 0 Å². The van der Waals surface area contributed by atoms with E-state index in [9.17, 15) is 27.5 Å². The van der Waals surface area contributed by atoms with Crippen LogP contribution in [0, 0.1) is 0 Å². The van der Waals surface area contributed by atoms with Gasteiger partial charge in [-0.2, -0.15) is 15.2 Å². The van der Waals surface area contributed by atoms with E-state index in [-0.39, 0.29) is 5.01 Å². The van der Waals surface area contributed by atoms with Crippen LogP contribution in [0.3, 0.4) is 0 Å². The molecule has 0 saturated carbocycles. The molecule has 0 bridgehead atoms. The van der Waals surface area contributed by atoms with Crippen molar-refractivity contribution in [2.75, 3.05) is 0 Å². The minimum atomic E-state index is -3.44. The van der Waals surface area contributed by atoms with Gasteiger partial charge in [-0.05, 0) is 15.9 Å². The van der Waals surface area contributed by atoms with Crippen LogP contribution in [0.25, 0.3) is 0 Å². The molecule has 0 aliphatic carbocycles. The molecule has 1 aromatic heterocycles. The molecule has 1 N–H and O–H groups in total. The zero-order valence-corrected chi connectivity index (χ0v) is 11.8. The first-order chi connectivity index (χ1) is 9.74. The van der Waals surface area contributed by atoms with Crippen molar-refractivity contribution in [3.63, 3.8) is 0 Å². The third-order valence-electron chi connectivity index (χ3n) is 2.77. The number of hydrogen-bond donors (Lipinski definition) is 1. The van der Waals surface area contributed by atoms with Gasteiger partial charge in [0.25, 0.3) is 18.8 Å². The van der Waals surface area contributed by atoms with Gasteiger partial charge in [-0.1, -0.05) is 0 Å². The minimum absolute atomic E-state index is 0.00868. The van der Waals surface area contributed by atoms with E-state index in [1.54, 1.807) is 0 Å². The Labute approximate surface area is 124 Å². The summed E-state index contributed by atoms with van der Waals surface area (Å²) >= 11 is 3.08. The number of rotatable bonds is 4. The van der Waals surface area contributed by atoms with Crippen LogP contribution < -0.4 is 0 Å². The number of nitrogens with zero attached hydrogens (tertiary/aromatic N) is 4. The van der Waals surface area contributed by atoms with E-state index >= 15 is 0 Å². The second-order valence-electron chi connectivity index (χ2n) is 4.31. The fourth-order valence-corrected chi connectivity index (χ4v) is 2.11. The quantitative estimate of drug-likeness (QED) is 0.813. The van der Waals surface area contributed by atoms with Crippen molar-refractivity contribution >= 4 is 27.5 Å². The Morgan fingerprint density at radius 1 is 1.48 bits per heavy atom. The third kappa shape index (κ3) is 3.07. The predicted molar refractivity (Wildman–Crippen MR) is 65.8 cm³/mol. The molecule has 1 atom stereocenters. The first-order valence-corrected chi connectivity index (χ1v) is 6.40. The normalized spacial score (nSPS) is 22.3. The molecule has 0 fully saturated rings. The zero-order chi connectivity index (χ0) is 15.8. The lowest BCUT2D eigenvalue weighted by Crippen LogP contribution is -2.52. The van der Waals surface area contributed by atoms with Crippen LogP contribution in [0.15, 0.2) is 22.0 Å². The SMILES string of the molecule is O=C(Cn1cc(Br)cn1)N1N=C(C(F)F)C[C@]1(O)C(F)F. The zero-order valence-electron chi connectivity index (χ0n) is 10.3. The first-order valence-electron chi connectivity index (χ1n) is 5.61. The lowest BCUT2D eigenvalue weighted by atomic mass is 10.1. The fourth-order valence-electron chi connectivity index (χ4n) is 1.78. The third-order valence-corrected chi connectivity index (χ3v) is 3.18. The van der Waals surface area contributed by atoms with E-state index < -0.39 is 43.2 Å². The highest BCUT2D eigenvalue weighted by Crippen LogP contribution is 2.33. The predicted octanol–water partition coefficient (Wildman–Crippen LogP) is 1.45. The van der Waals surface area contributed by atoms with Crippen molar-refractivity contribution in [2.45, 2.75) is 31.5 Å². The van der Waals surface area contributed by atoms with E-state index in [0.717, 1.165) is 4.68 Å². The Kier molecular flexibility index (Phi) is 4.33.